The number of aromatic nitrogens is 1. The Bertz CT molecular complexity index is 655. The molecule has 0 aliphatic heterocycles. The Hall–Kier alpha value is -2.56. The van der Waals surface area contributed by atoms with Gasteiger partial charge in [-0.05, 0) is 45.0 Å². The average molecular weight is 313 g/mol. The van der Waals surface area contributed by atoms with Crippen molar-refractivity contribution in [3.63, 3.8) is 0 Å². The van der Waals surface area contributed by atoms with Crippen molar-refractivity contribution in [1.29, 1.82) is 0 Å². The molecule has 0 atom stereocenters. The smallest absolute Gasteiger partial charge is 0.410 e. The molecule has 5 heteroatoms. The van der Waals surface area contributed by atoms with Crippen LogP contribution < -0.4 is 14.5 Å². The van der Waals surface area contributed by atoms with Crippen LogP contribution in [-0.4, -0.2) is 31.2 Å². The van der Waals surface area contributed by atoms with Gasteiger partial charge in [0.15, 0.2) is 0 Å². The Labute approximate surface area is 137 Å². The fourth-order valence-corrected chi connectivity index (χ4v) is 2.37. The molecule has 0 bridgehead atoms. The Morgan fingerprint density at radius 3 is 2.30 bits per heavy atom. The minimum atomic E-state index is -0.434. The van der Waals surface area contributed by atoms with E-state index in [4.69, 9.17) is 4.74 Å². The van der Waals surface area contributed by atoms with Gasteiger partial charge in [0, 0.05) is 20.1 Å². The van der Waals surface area contributed by atoms with Crippen molar-refractivity contribution >= 4 is 17.6 Å². The van der Waals surface area contributed by atoms with Crippen molar-refractivity contribution in [2.24, 2.45) is 0 Å². The van der Waals surface area contributed by atoms with E-state index in [-0.39, 0.29) is 0 Å². The van der Waals surface area contributed by atoms with E-state index < -0.39 is 6.09 Å². The number of nitrogens with zero attached hydrogens (tertiary/aromatic N) is 3. The molecule has 23 heavy (non-hydrogen) atoms. The van der Waals surface area contributed by atoms with Crippen LogP contribution in [0.15, 0.2) is 42.5 Å². The van der Waals surface area contributed by atoms with Gasteiger partial charge in [-0.2, -0.15) is 0 Å². The molecule has 0 saturated heterocycles. The van der Waals surface area contributed by atoms with Crippen LogP contribution in [0.5, 0.6) is 5.75 Å². The SMILES string of the molecule is CCN(CC)c1ccc(N(C)C(=O)Oc2ccccc2)c(C)n1. The Balaban J connectivity index is 2.15. The first-order valence-corrected chi connectivity index (χ1v) is 7.80. The van der Waals surface area contributed by atoms with Crippen molar-refractivity contribution in [3.8, 4) is 5.75 Å². The summed E-state index contributed by atoms with van der Waals surface area (Å²) in [5, 5.41) is 0. The van der Waals surface area contributed by atoms with Crippen LogP contribution in [0.2, 0.25) is 0 Å². The third-order valence-corrected chi connectivity index (χ3v) is 3.71. The zero-order chi connectivity index (χ0) is 16.8. The van der Waals surface area contributed by atoms with Gasteiger partial charge in [0.25, 0.3) is 0 Å². The molecule has 0 aliphatic carbocycles. The van der Waals surface area contributed by atoms with Crippen molar-refractivity contribution < 1.29 is 9.53 Å². The van der Waals surface area contributed by atoms with Crippen molar-refractivity contribution in [2.75, 3.05) is 29.9 Å². The van der Waals surface area contributed by atoms with Gasteiger partial charge in [0.1, 0.15) is 11.6 Å². The summed E-state index contributed by atoms with van der Waals surface area (Å²) in [7, 11) is 1.69. The molecule has 2 rings (SSSR count). The van der Waals surface area contributed by atoms with Crippen LogP contribution in [0.3, 0.4) is 0 Å². The highest BCUT2D eigenvalue weighted by Gasteiger charge is 2.17. The third kappa shape index (κ3) is 4.00. The van der Waals surface area contributed by atoms with E-state index in [9.17, 15) is 4.79 Å². The highest BCUT2D eigenvalue weighted by molar-refractivity contribution is 5.89. The number of hydrogen-bond donors (Lipinski definition) is 0. The van der Waals surface area contributed by atoms with Gasteiger partial charge >= 0.3 is 6.09 Å². The normalized spacial score (nSPS) is 10.3. The highest BCUT2D eigenvalue weighted by Crippen LogP contribution is 2.22. The standard InChI is InChI=1S/C18H23N3O2/c1-5-21(6-2)17-13-12-16(14(3)19-17)20(4)18(22)23-15-10-8-7-9-11-15/h7-13H,5-6H2,1-4H3. The van der Waals surface area contributed by atoms with Crippen LogP contribution in [-0.2, 0) is 0 Å². The molecule has 5 nitrogen and oxygen atoms in total. The Morgan fingerprint density at radius 1 is 1.09 bits per heavy atom. The molecule has 0 spiro atoms. The minimum absolute atomic E-state index is 0.434. The molecule has 1 amide bonds. The number of carbonyl (C=O) groups is 1. The first-order valence-electron chi connectivity index (χ1n) is 7.80. The molecule has 0 N–H and O–H groups in total. The van der Waals surface area contributed by atoms with E-state index in [1.54, 1.807) is 19.2 Å². The van der Waals surface area contributed by atoms with Crippen molar-refractivity contribution in [3.05, 3.63) is 48.2 Å². The number of amides is 1. The number of aryl methyl sites for hydroxylation is 1. The first-order chi connectivity index (χ1) is 11.1. The lowest BCUT2D eigenvalue weighted by Gasteiger charge is -2.23. The van der Waals surface area contributed by atoms with Crippen LogP contribution in [0.1, 0.15) is 19.5 Å². The molecule has 1 aromatic heterocycles. The lowest BCUT2D eigenvalue weighted by atomic mass is 10.2. The van der Waals surface area contributed by atoms with E-state index in [0.29, 0.717) is 5.75 Å². The summed E-state index contributed by atoms with van der Waals surface area (Å²) in [6, 6.07) is 12.9. The summed E-state index contributed by atoms with van der Waals surface area (Å²) >= 11 is 0. The zero-order valence-electron chi connectivity index (χ0n) is 14.1. The molecule has 1 aromatic carbocycles. The van der Waals surface area contributed by atoms with Gasteiger partial charge in [-0.1, -0.05) is 18.2 Å². The van der Waals surface area contributed by atoms with Gasteiger partial charge in [0.05, 0.1) is 11.4 Å². The second kappa shape index (κ2) is 7.63. The molecule has 1 heterocycles. The summed E-state index contributed by atoms with van der Waals surface area (Å²) in [4.78, 5) is 20.5. The predicted octanol–water partition coefficient (Wildman–Crippen LogP) is 3.87. The van der Waals surface area contributed by atoms with Crippen LogP contribution in [0.4, 0.5) is 16.3 Å². The van der Waals surface area contributed by atoms with Gasteiger partial charge < -0.3 is 9.64 Å². The van der Waals surface area contributed by atoms with Crippen LogP contribution in [0, 0.1) is 6.92 Å². The molecule has 0 radical (unpaired) electrons. The summed E-state index contributed by atoms with van der Waals surface area (Å²) in [6.07, 6.45) is -0.434. The van der Waals surface area contributed by atoms with E-state index >= 15 is 0 Å². The number of para-hydroxylation sites is 1. The van der Waals surface area contributed by atoms with Gasteiger partial charge in [-0.3, -0.25) is 4.90 Å². The first kappa shape index (κ1) is 16.8. The predicted molar refractivity (Wildman–Crippen MR) is 93.4 cm³/mol. The zero-order valence-corrected chi connectivity index (χ0v) is 14.1. The number of rotatable bonds is 5. The lowest BCUT2D eigenvalue weighted by molar-refractivity contribution is 0.209. The monoisotopic (exact) mass is 313 g/mol. The number of hydrogen-bond acceptors (Lipinski definition) is 4. The Kier molecular flexibility index (Phi) is 5.57. The molecule has 2 aromatic rings. The molecule has 0 aliphatic rings. The van der Waals surface area contributed by atoms with Crippen LogP contribution in [0.25, 0.3) is 0 Å². The molecular weight excluding hydrogens is 290 g/mol. The molecule has 0 saturated carbocycles. The van der Waals surface area contributed by atoms with Crippen LogP contribution >= 0.6 is 0 Å². The molecule has 0 fully saturated rings. The number of carbonyl (C=O) groups excluding carboxylic acids is 1. The number of benzene rings is 1. The summed E-state index contributed by atoms with van der Waals surface area (Å²) in [5.41, 5.74) is 1.53. The summed E-state index contributed by atoms with van der Waals surface area (Å²) < 4.78 is 5.35. The van der Waals surface area contributed by atoms with Gasteiger partial charge in [-0.15, -0.1) is 0 Å². The topological polar surface area (TPSA) is 45.7 Å². The quantitative estimate of drug-likeness (QED) is 0.840. The second-order valence-electron chi connectivity index (χ2n) is 5.19. The maximum absolute atomic E-state index is 12.3. The number of anilines is 2. The van der Waals surface area contributed by atoms with Crippen molar-refractivity contribution in [1.82, 2.24) is 4.98 Å². The van der Waals surface area contributed by atoms with E-state index in [1.807, 2.05) is 37.3 Å². The average Bonchev–Trinajstić information content (AvgIpc) is 2.56. The Morgan fingerprint density at radius 2 is 1.74 bits per heavy atom. The van der Waals surface area contributed by atoms with Gasteiger partial charge in [0.2, 0.25) is 0 Å². The molecular formula is C18H23N3O2. The summed E-state index contributed by atoms with van der Waals surface area (Å²) in [5.74, 6) is 1.44. The van der Waals surface area contributed by atoms with Crippen molar-refractivity contribution in [2.45, 2.75) is 20.8 Å². The second-order valence-corrected chi connectivity index (χ2v) is 5.19. The summed E-state index contributed by atoms with van der Waals surface area (Å²) in [6.45, 7) is 7.88. The lowest BCUT2D eigenvalue weighted by Crippen LogP contribution is -2.30. The number of pyridine rings is 1. The third-order valence-electron chi connectivity index (χ3n) is 3.71. The maximum atomic E-state index is 12.3. The fourth-order valence-electron chi connectivity index (χ4n) is 2.37. The largest absolute Gasteiger partial charge is 0.419 e. The van der Waals surface area contributed by atoms with E-state index in [2.05, 4.69) is 23.7 Å². The fraction of sp³-hybridized carbons (Fsp3) is 0.333. The highest BCUT2D eigenvalue weighted by atomic mass is 16.6. The van der Waals surface area contributed by atoms with Gasteiger partial charge in [-0.25, -0.2) is 9.78 Å². The number of ether oxygens (including phenoxy) is 1. The molecule has 122 valence electrons. The van der Waals surface area contributed by atoms with E-state index in [0.717, 1.165) is 30.3 Å². The maximum Gasteiger partial charge on any atom is 0.419 e. The minimum Gasteiger partial charge on any atom is -0.410 e. The van der Waals surface area contributed by atoms with E-state index in [1.165, 1.54) is 4.90 Å². The molecule has 0 unspecified atom stereocenters.